The molecule has 2 saturated carbocycles. The van der Waals surface area contributed by atoms with E-state index >= 15 is 0 Å². The van der Waals surface area contributed by atoms with Crippen LogP contribution in [0.15, 0.2) is 164 Å². The second-order valence-electron chi connectivity index (χ2n) is 22.9. The summed E-state index contributed by atoms with van der Waals surface area (Å²) in [4.78, 5) is 32.5. The number of carbonyl (C=O) groups is 2. The van der Waals surface area contributed by atoms with Crippen LogP contribution in [-0.4, -0.2) is 48.7 Å². The van der Waals surface area contributed by atoms with Crippen molar-refractivity contribution in [1.82, 2.24) is 9.97 Å². The van der Waals surface area contributed by atoms with Crippen molar-refractivity contribution >= 4 is 98.2 Å². The smallest absolute Gasteiger partial charge is 0.303 e. The maximum absolute atomic E-state index is 11.5. The largest absolute Gasteiger partial charge is 0.481 e. The van der Waals surface area contributed by atoms with Gasteiger partial charge in [0.1, 0.15) is 0 Å². The first-order valence-electron chi connectivity index (χ1n) is 28.1. The first-order valence-corrected chi connectivity index (χ1v) is 31.0. The molecule has 0 saturated heterocycles. The predicted molar refractivity (Wildman–Crippen MR) is 340 cm³/mol. The first-order chi connectivity index (χ1) is 38.9. The molecule has 11 heteroatoms. The number of carboxylic acids is 2. The Morgan fingerprint density at radius 3 is 1.77 bits per heavy atom. The maximum atomic E-state index is 11.5. The zero-order valence-corrected chi connectivity index (χ0v) is 49.7. The van der Waals surface area contributed by atoms with Gasteiger partial charge in [-0.25, -0.2) is 4.98 Å². The van der Waals surface area contributed by atoms with E-state index in [0.717, 1.165) is 131 Å². The number of hydrogen-bond donors (Lipinski definition) is 3. The number of allylic oxidation sites excluding steroid dienone is 1. The van der Waals surface area contributed by atoms with Crippen molar-refractivity contribution in [1.29, 1.82) is 0 Å². The Hall–Kier alpha value is -6.20. The van der Waals surface area contributed by atoms with Gasteiger partial charge in [0.25, 0.3) is 0 Å². The van der Waals surface area contributed by atoms with Gasteiger partial charge in [-0.15, -0.1) is 0 Å². The third-order valence-corrected chi connectivity index (χ3v) is 19.6. The van der Waals surface area contributed by atoms with Crippen LogP contribution >= 0.6 is 46.7 Å². The maximum Gasteiger partial charge on any atom is 0.303 e. The van der Waals surface area contributed by atoms with E-state index in [1.807, 2.05) is 104 Å². The lowest BCUT2D eigenvalue weighted by atomic mass is 9.90. The van der Waals surface area contributed by atoms with Crippen LogP contribution in [0.5, 0.6) is 0 Å². The fourth-order valence-corrected chi connectivity index (χ4v) is 14.3. The Bertz CT molecular complexity index is 3570. The average Bonchev–Trinajstić information content (AvgIpc) is 4.59. The first kappa shape index (κ1) is 59.4. The summed E-state index contributed by atoms with van der Waals surface area (Å²) in [5, 5.41) is 33.6. The van der Waals surface area contributed by atoms with Gasteiger partial charge in [0.15, 0.2) is 0 Å². The number of aliphatic carboxylic acids is 2. The minimum Gasteiger partial charge on any atom is -0.481 e. The molecule has 8 aromatic rings. The molecule has 2 heterocycles. The van der Waals surface area contributed by atoms with Gasteiger partial charge >= 0.3 is 11.9 Å². The zero-order valence-electron chi connectivity index (χ0n) is 46.6. The molecule has 0 spiro atoms. The number of thioether (sulfide) groups is 2. The van der Waals surface area contributed by atoms with Crippen molar-refractivity contribution in [3.8, 4) is 0 Å². The van der Waals surface area contributed by atoms with Crippen molar-refractivity contribution < 1.29 is 24.9 Å². The zero-order chi connectivity index (χ0) is 57.2. The van der Waals surface area contributed by atoms with Gasteiger partial charge in [-0.3, -0.25) is 14.6 Å². The number of pyridine rings is 2. The van der Waals surface area contributed by atoms with Gasteiger partial charge in [0.05, 0.1) is 35.2 Å². The Morgan fingerprint density at radius 2 is 1.16 bits per heavy atom. The minimum absolute atomic E-state index is 0.0491. The molecule has 6 aromatic carbocycles. The molecule has 2 aromatic heterocycles. The van der Waals surface area contributed by atoms with Crippen LogP contribution in [0.4, 0.5) is 0 Å². The van der Waals surface area contributed by atoms with Crippen LogP contribution < -0.4 is 0 Å². The Kier molecular flexibility index (Phi) is 19.7. The highest BCUT2D eigenvalue weighted by molar-refractivity contribution is 7.99. The number of halogens is 2. The van der Waals surface area contributed by atoms with Gasteiger partial charge in [-0.2, -0.15) is 23.5 Å². The van der Waals surface area contributed by atoms with Gasteiger partial charge in [0, 0.05) is 48.5 Å². The predicted octanol–water partition coefficient (Wildman–Crippen LogP) is 18.3. The van der Waals surface area contributed by atoms with Crippen LogP contribution in [0.1, 0.15) is 139 Å². The molecule has 0 radical (unpaired) electrons. The number of aromatic nitrogens is 2. The van der Waals surface area contributed by atoms with Crippen molar-refractivity contribution in [3.63, 3.8) is 0 Å². The molecule has 2 fully saturated rings. The molecule has 0 unspecified atom stereocenters. The van der Waals surface area contributed by atoms with Crippen molar-refractivity contribution in [2.24, 2.45) is 10.8 Å². The Morgan fingerprint density at radius 1 is 0.617 bits per heavy atom. The minimum atomic E-state index is -0.902. The third-order valence-electron chi connectivity index (χ3n) is 15.8. The topological polar surface area (TPSA) is 121 Å². The van der Waals surface area contributed by atoms with Gasteiger partial charge in [-0.05, 0) is 183 Å². The molecule has 10 rings (SSSR count). The van der Waals surface area contributed by atoms with Gasteiger partial charge in [-0.1, -0.05) is 163 Å². The van der Waals surface area contributed by atoms with E-state index in [1.54, 1.807) is 0 Å². The summed E-state index contributed by atoms with van der Waals surface area (Å²) < 4.78 is 0. The van der Waals surface area contributed by atoms with E-state index in [4.69, 9.17) is 33.2 Å². The standard InChI is InChI=1S/C35H38ClNO3S.C35H34ClNO2S/c1-34(2,40)30-9-4-3-7-25(30)13-17-32(41-23-35(18-19-35)22-33(38)39)27-8-5-6-24(20-27)10-15-29-16-12-26-11-14-28(36)21-31(26)37-29;1-24(2)31-9-4-3-7-26(31)13-17-33(40-23-35(18-19-35)22-34(38)39)28-8-5-6-25(20-28)10-15-30-16-12-27-11-14-29(36)21-32(27)37-30/h3-9,11-12,14,16,20-21,32,40H,10,13,15,17-19,22-23H2,1-2H3,(H,38,39);3-12,14-16,20-21,33H,1,13,17-19,22-23H2,2H3,(H,38,39)/b;15-10+/t32-;33-/m11/s1. The molecular formula is C70H72Cl2N2O5S2. The molecule has 0 amide bonds. The van der Waals surface area contributed by atoms with E-state index in [-0.39, 0.29) is 34.2 Å². The number of fused-ring (bicyclic) bond motifs is 2. The Balaban J connectivity index is 0.000000196. The summed E-state index contributed by atoms with van der Waals surface area (Å²) in [6.07, 6.45) is 14.0. The highest BCUT2D eigenvalue weighted by Gasteiger charge is 2.45. The highest BCUT2D eigenvalue weighted by atomic mass is 35.5. The summed E-state index contributed by atoms with van der Waals surface area (Å²) in [5.74, 6) is 0.327. The number of rotatable bonds is 25. The van der Waals surface area contributed by atoms with E-state index in [0.29, 0.717) is 10.0 Å². The molecule has 2 aliphatic rings. The lowest BCUT2D eigenvalue weighted by Crippen LogP contribution is -2.18. The SMILES string of the molecule is C=C(C)c1ccccc1CC[C@@H](SCC1(CC(=O)O)CC1)c1cccc(/C=C/c2ccc3ccc(Cl)cc3n2)c1.CC(C)(O)c1ccccc1CC[C@@H](SCC1(CC(=O)O)CC1)c1cccc(CCc2ccc3ccc(Cl)cc3n2)c1. The molecular weight excluding hydrogens is 1080 g/mol. The van der Waals surface area contributed by atoms with E-state index < -0.39 is 17.5 Å². The van der Waals surface area contributed by atoms with E-state index in [2.05, 4.69) is 117 Å². The molecule has 418 valence electrons. The number of benzene rings is 6. The molecule has 0 aliphatic heterocycles. The van der Waals surface area contributed by atoms with Crippen molar-refractivity contribution in [2.45, 2.75) is 114 Å². The fourth-order valence-electron chi connectivity index (χ4n) is 10.8. The van der Waals surface area contributed by atoms with Crippen LogP contribution in [0.25, 0.3) is 39.5 Å². The van der Waals surface area contributed by atoms with Gasteiger partial charge < -0.3 is 15.3 Å². The average molecular weight is 1160 g/mol. The monoisotopic (exact) mass is 1150 g/mol. The number of carboxylic acid groups (broad SMARTS) is 2. The third kappa shape index (κ3) is 17.0. The molecule has 2 atom stereocenters. The highest BCUT2D eigenvalue weighted by Crippen LogP contribution is 2.54. The number of nitrogens with zero attached hydrogens (tertiary/aromatic N) is 2. The summed E-state index contributed by atoms with van der Waals surface area (Å²) in [5.41, 5.74) is 13.4. The van der Waals surface area contributed by atoms with Crippen LogP contribution in [-0.2, 0) is 40.9 Å². The van der Waals surface area contributed by atoms with Crippen molar-refractivity contribution in [2.75, 3.05) is 11.5 Å². The summed E-state index contributed by atoms with van der Waals surface area (Å²) in [6.45, 7) is 9.91. The molecule has 3 N–H and O–H groups in total. The quantitative estimate of drug-likeness (QED) is 0.0514. The molecule has 81 heavy (non-hydrogen) atoms. The normalized spacial score (nSPS) is 15.0. The second kappa shape index (κ2) is 26.8. The molecule has 7 nitrogen and oxygen atoms in total. The second-order valence-corrected chi connectivity index (χ2v) is 26.2. The molecule has 2 aliphatic carbocycles. The number of hydrogen-bond acceptors (Lipinski definition) is 7. The number of aryl methyl sites for hydroxylation is 4. The van der Waals surface area contributed by atoms with E-state index in [1.165, 1.54) is 27.8 Å². The molecule has 0 bridgehead atoms. The number of aliphatic hydroxyl groups is 1. The van der Waals surface area contributed by atoms with Crippen LogP contribution in [0.2, 0.25) is 10.0 Å². The lowest BCUT2D eigenvalue weighted by molar-refractivity contribution is -0.139. The van der Waals surface area contributed by atoms with Gasteiger partial charge in [0.2, 0.25) is 0 Å². The summed E-state index contributed by atoms with van der Waals surface area (Å²) in [7, 11) is 0. The summed E-state index contributed by atoms with van der Waals surface area (Å²) >= 11 is 16.2. The lowest BCUT2D eigenvalue weighted by Gasteiger charge is -2.24. The summed E-state index contributed by atoms with van der Waals surface area (Å²) in [6, 6.07) is 54.0. The van der Waals surface area contributed by atoms with Crippen molar-refractivity contribution in [3.05, 3.63) is 230 Å². The van der Waals surface area contributed by atoms with Crippen LogP contribution in [0.3, 0.4) is 0 Å². The Labute approximate surface area is 496 Å². The van der Waals surface area contributed by atoms with E-state index in [9.17, 15) is 24.9 Å². The van der Waals surface area contributed by atoms with Crippen LogP contribution in [0, 0.1) is 10.8 Å². The fraction of sp³-hybridized carbons (Fsp3) is 0.314.